The number of rotatable bonds is 13. The van der Waals surface area contributed by atoms with Gasteiger partial charge in [-0.2, -0.15) is 0 Å². The van der Waals surface area contributed by atoms with E-state index < -0.39 is 10.0 Å². The Balaban J connectivity index is 1.48. The molecule has 0 fully saturated rings. The summed E-state index contributed by atoms with van der Waals surface area (Å²) in [7, 11) is -0.603. The maximum absolute atomic E-state index is 12.6. The zero-order chi connectivity index (χ0) is 26.0. The molecule has 0 aliphatic heterocycles. The molecule has 0 aromatic heterocycles. The Bertz CT molecular complexity index is 1240. The highest BCUT2D eigenvalue weighted by atomic mass is 32.2. The Labute approximate surface area is 211 Å². The van der Waals surface area contributed by atoms with Crippen molar-refractivity contribution in [3.8, 4) is 23.0 Å². The van der Waals surface area contributed by atoms with Crippen LogP contribution < -0.4 is 29.0 Å². The fraction of sp³-hybridized carbons (Fsp3) is 0.269. The smallest absolute Gasteiger partial charge is 0.262 e. The fourth-order valence-corrected chi connectivity index (χ4v) is 4.34. The third kappa shape index (κ3) is 7.62. The monoisotopic (exact) mass is 514 g/mol. The molecule has 192 valence electrons. The van der Waals surface area contributed by atoms with Crippen molar-refractivity contribution in [1.29, 1.82) is 0 Å². The first-order valence-corrected chi connectivity index (χ1v) is 12.8. The first-order valence-electron chi connectivity index (χ1n) is 11.3. The van der Waals surface area contributed by atoms with Crippen LogP contribution in [-0.2, 0) is 21.2 Å². The lowest BCUT2D eigenvalue weighted by molar-refractivity contribution is -0.118. The topological polar surface area (TPSA) is 112 Å². The van der Waals surface area contributed by atoms with E-state index in [1.165, 1.54) is 24.3 Å². The lowest BCUT2D eigenvalue weighted by Crippen LogP contribution is -2.26. The van der Waals surface area contributed by atoms with Gasteiger partial charge in [-0.3, -0.25) is 4.79 Å². The van der Waals surface area contributed by atoms with Crippen LogP contribution in [0.1, 0.15) is 12.5 Å². The number of nitrogens with one attached hydrogen (secondary N) is 2. The van der Waals surface area contributed by atoms with E-state index in [9.17, 15) is 13.2 Å². The van der Waals surface area contributed by atoms with Crippen molar-refractivity contribution in [3.63, 3.8) is 0 Å². The van der Waals surface area contributed by atoms with E-state index in [-0.39, 0.29) is 24.0 Å². The molecular formula is C26H30N2O7S. The Morgan fingerprint density at radius 3 is 2.11 bits per heavy atom. The average molecular weight is 515 g/mol. The van der Waals surface area contributed by atoms with Crippen molar-refractivity contribution in [3.05, 3.63) is 72.3 Å². The summed E-state index contributed by atoms with van der Waals surface area (Å²) in [6, 6.07) is 18.3. The van der Waals surface area contributed by atoms with Crippen LogP contribution in [-0.4, -0.2) is 48.3 Å². The molecule has 0 radical (unpaired) electrons. The summed E-state index contributed by atoms with van der Waals surface area (Å²) in [5.41, 5.74) is 1.52. The number of carbonyl (C=O) groups is 1. The number of sulfonamides is 1. The van der Waals surface area contributed by atoms with E-state index in [0.29, 0.717) is 36.0 Å². The van der Waals surface area contributed by atoms with Crippen LogP contribution in [0.25, 0.3) is 0 Å². The van der Waals surface area contributed by atoms with Crippen molar-refractivity contribution in [2.45, 2.75) is 18.2 Å². The molecule has 0 heterocycles. The second-order valence-corrected chi connectivity index (χ2v) is 9.37. The molecular weight excluding hydrogens is 484 g/mol. The Hall–Kier alpha value is -3.76. The van der Waals surface area contributed by atoms with Gasteiger partial charge < -0.3 is 24.3 Å². The van der Waals surface area contributed by atoms with Gasteiger partial charge in [-0.1, -0.05) is 6.07 Å². The molecule has 3 rings (SSSR count). The second-order valence-electron chi connectivity index (χ2n) is 7.60. The highest BCUT2D eigenvalue weighted by Gasteiger charge is 2.14. The van der Waals surface area contributed by atoms with Gasteiger partial charge in [0.05, 0.1) is 25.7 Å². The minimum atomic E-state index is -3.71. The largest absolute Gasteiger partial charge is 0.494 e. The van der Waals surface area contributed by atoms with Gasteiger partial charge in [0.2, 0.25) is 10.0 Å². The lowest BCUT2D eigenvalue weighted by atomic mass is 10.1. The van der Waals surface area contributed by atoms with Gasteiger partial charge in [-0.15, -0.1) is 0 Å². The van der Waals surface area contributed by atoms with Crippen molar-refractivity contribution < 1.29 is 32.2 Å². The standard InChI is InChI=1S/C26H30N2O7S/c1-4-34-21-8-6-20(7-9-21)28-26(29)18-35-22-10-12-23(13-11-22)36(30,31)27-16-15-19-5-14-24(32-2)25(17-19)33-3/h5-14,17,27H,4,15-16,18H2,1-3H3,(H,28,29). The molecule has 0 saturated carbocycles. The van der Waals surface area contributed by atoms with Crippen LogP contribution in [0.4, 0.5) is 5.69 Å². The van der Waals surface area contributed by atoms with Crippen LogP contribution in [0.3, 0.4) is 0 Å². The molecule has 0 atom stereocenters. The minimum absolute atomic E-state index is 0.0981. The average Bonchev–Trinajstić information content (AvgIpc) is 2.89. The number of carbonyl (C=O) groups excluding carboxylic acids is 1. The number of hydrogen-bond donors (Lipinski definition) is 2. The predicted octanol–water partition coefficient (Wildman–Crippen LogP) is 3.64. The summed E-state index contributed by atoms with van der Waals surface area (Å²) in [6.07, 6.45) is 0.476. The quantitative estimate of drug-likeness (QED) is 0.358. The molecule has 3 aromatic carbocycles. The van der Waals surface area contributed by atoms with Gasteiger partial charge in [-0.05, 0) is 79.6 Å². The maximum atomic E-state index is 12.6. The summed E-state index contributed by atoms with van der Waals surface area (Å²) in [5, 5.41) is 2.73. The van der Waals surface area contributed by atoms with E-state index >= 15 is 0 Å². The van der Waals surface area contributed by atoms with Crippen LogP contribution in [0.5, 0.6) is 23.0 Å². The summed E-state index contributed by atoms with van der Waals surface area (Å²) in [5.74, 6) is 1.95. The SMILES string of the molecule is CCOc1ccc(NC(=O)COc2ccc(S(=O)(=O)NCCc3ccc(OC)c(OC)c3)cc2)cc1. The van der Waals surface area contributed by atoms with E-state index in [0.717, 1.165) is 11.3 Å². The number of methoxy groups -OCH3 is 2. The molecule has 3 aromatic rings. The third-order valence-corrected chi connectivity index (χ3v) is 6.58. The van der Waals surface area contributed by atoms with E-state index in [4.69, 9.17) is 18.9 Å². The van der Waals surface area contributed by atoms with Crippen LogP contribution >= 0.6 is 0 Å². The minimum Gasteiger partial charge on any atom is -0.494 e. The molecule has 0 aliphatic rings. The lowest BCUT2D eigenvalue weighted by Gasteiger charge is -2.11. The predicted molar refractivity (Wildman–Crippen MR) is 137 cm³/mol. The van der Waals surface area contributed by atoms with Crippen molar-refractivity contribution in [2.75, 3.05) is 39.3 Å². The number of ether oxygens (including phenoxy) is 4. The normalized spacial score (nSPS) is 11.0. The summed E-state index contributed by atoms with van der Waals surface area (Å²) in [6.45, 7) is 2.45. The number of hydrogen-bond acceptors (Lipinski definition) is 7. The molecule has 0 unspecified atom stereocenters. The highest BCUT2D eigenvalue weighted by molar-refractivity contribution is 7.89. The first kappa shape index (κ1) is 26.8. The van der Waals surface area contributed by atoms with E-state index in [1.807, 2.05) is 19.1 Å². The number of benzene rings is 3. The molecule has 2 N–H and O–H groups in total. The van der Waals surface area contributed by atoms with Gasteiger partial charge in [0.15, 0.2) is 18.1 Å². The van der Waals surface area contributed by atoms with Gasteiger partial charge in [0, 0.05) is 12.2 Å². The molecule has 36 heavy (non-hydrogen) atoms. The fourth-order valence-electron chi connectivity index (χ4n) is 3.31. The van der Waals surface area contributed by atoms with Crippen LogP contribution in [0.15, 0.2) is 71.6 Å². The molecule has 9 nitrogen and oxygen atoms in total. The molecule has 0 saturated heterocycles. The third-order valence-electron chi connectivity index (χ3n) is 5.11. The van der Waals surface area contributed by atoms with E-state index in [1.54, 1.807) is 44.6 Å². The number of amides is 1. The van der Waals surface area contributed by atoms with Crippen LogP contribution in [0.2, 0.25) is 0 Å². The number of anilines is 1. The van der Waals surface area contributed by atoms with Gasteiger partial charge in [0.1, 0.15) is 11.5 Å². The zero-order valence-electron chi connectivity index (χ0n) is 20.4. The molecule has 0 aliphatic carbocycles. The highest BCUT2D eigenvalue weighted by Crippen LogP contribution is 2.27. The van der Waals surface area contributed by atoms with Crippen molar-refractivity contribution in [1.82, 2.24) is 4.72 Å². The summed E-state index contributed by atoms with van der Waals surface area (Å²) < 4.78 is 49.2. The molecule has 10 heteroatoms. The summed E-state index contributed by atoms with van der Waals surface area (Å²) in [4.78, 5) is 12.2. The molecule has 1 amide bonds. The first-order chi connectivity index (χ1) is 17.3. The molecule has 0 bridgehead atoms. The van der Waals surface area contributed by atoms with Crippen molar-refractivity contribution in [2.24, 2.45) is 0 Å². The Kier molecular flexibility index (Phi) is 9.54. The maximum Gasteiger partial charge on any atom is 0.262 e. The Morgan fingerprint density at radius 2 is 1.47 bits per heavy atom. The zero-order valence-corrected chi connectivity index (χ0v) is 21.3. The molecule has 0 spiro atoms. The Morgan fingerprint density at radius 1 is 0.833 bits per heavy atom. The van der Waals surface area contributed by atoms with Crippen LogP contribution in [0, 0.1) is 0 Å². The van der Waals surface area contributed by atoms with Gasteiger partial charge >= 0.3 is 0 Å². The van der Waals surface area contributed by atoms with Gasteiger partial charge in [-0.25, -0.2) is 13.1 Å². The summed E-state index contributed by atoms with van der Waals surface area (Å²) >= 11 is 0. The van der Waals surface area contributed by atoms with Crippen molar-refractivity contribution >= 4 is 21.6 Å². The van der Waals surface area contributed by atoms with Gasteiger partial charge in [0.25, 0.3) is 5.91 Å². The second kappa shape index (κ2) is 12.8. The van der Waals surface area contributed by atoms with E-state index in [2.05, 4.69) is 10.0 Å².